The molecule has 2 aliphatic rings. The second-order valence-corrected chi connectivity index (χ2v) is 17.0. The molecule has 2 aliphatic heterocycles. The Kier molecular flexibility index (Phi) is 16.9. The first-order chi connectivity index (χ1) is 31.7. The van der Waals surface area contributed by atoms with Crippen molar-refractivity contribution in [2.75, 3.05) is 19.6 Å². The van der Waals surface area contributed by atoms with E-state index in [1.807, 2.05) is 54.6 Å². The highest BCUT2D eigenvalue weighted by molar-refractivity contribution is 5.98. The Morgan fingerprint density at radius 1 is 0.848 bits per heavy atom. The first-order valence-corrected chi connectivity index (χ1v) is 22.5. The van der Waals surface area contributed by atoms with Crippen molar-refractivity contribution < 1.29 is 38.7 Å². The molecule has 3 heterocycles. The van der Waals surface area contributed by atoms with E-state index >= 15 is 0 Å². The highest BCUT2D eigenvalue weighted by Gasteiger charge is 2.40. The number of Topliss-reactive ketones (excluding diaryl/α,β-unsaturated/α-hetero) is 1. The number of guanidine groups is 1. The Morgan fingerprint density at radius 3 is 2.32 bits per heavy atom. The Balaban J connectivity index is 1.33. The number of carbonyl (C=O) groups is 7. The summed E-state index contributed by atoms with van der Waals surface area (Å²) in [5, 5.41) is 25.1. The molecule has 6 atom stereocenters. The molecule has 4 aromatic rings. The normalized spacial score (nSPS) is 21.6. The third-order valence-corrected chi connectivity index (χ3v) is 12.0. The molecule has 18 heteroatoms. The number of aromatic amines is 1. The minimum absolute atomic E-state index is 0.00319. The summed E-state index contributed by atoms with van der Waals surface area (Å²) in [5.41, 5.74) is 14.1. The third-order valence-electron chi connectivity index (χ3n) is 12.0. The van der Waals surface area contributed by atoms with Crippen molar-refractivity contribution in [1.82, 2.24) is 36.5 Å². The maximum Gasteiger partial charge on any atom is 0.245 e. The Bertz CT molecular complexity index is 2380. The average Bonchev–Trinajstić information content (AvgIpc) is 3.96. The van der Waals surface area contributed by atoms with Crippen LogP contribution in [0.3, 0.4) is 0 Å². The summed E-state index contributed by atoms with van der Waals surface area (Å²) in [6.07, 6.45) is 3.30. The van der Waals surface area contributed by atoms with Crippen molar-refractivity contribution in [3.8, 4) is 5.75 Å². The number of hydrogen-bond acceptors (Lipinski definition) is 9. The summed E-state index contributed by atoms with van der Waals surface area (Å²) < 4.78 is 0. The smallest absolute Gasteiger partial charge is 0.245 e. The molecule has 6 rings (SSSR count). The number of benzene rings is 3. The first kappa shape index (κ1) is 48.2. The second-order valence-electron chi connectivity index (χ2n) is 17.0. The number of carbonyl (C=O) groups excluding carboxylic acids is 7. The van der Waals surface area contributed by atoms with E-state index in [0.29, 0.717) is 18.4 Å². The molecule has 11 N–H and O–H groups in total. The number of aromatic nitrogens is 1. The Labute approximate surface area is 383 Å². The van der Waals surface area contributed by atoms with Crippen LogP contribution in [0.15, 0.2) is 90.1 Å². The standard InChI is InChI=1S/C48H60N10O8/c1-29(59)54-39(24-30-10-3-2-4-11-30)44(63)55-37-15-8-21-51-43(62)32(12-7-22-52-48(49)50)27-42(61)38(26-33-28-53-36-14-6-5-13-35(33)36)56-45(64)40(25-31-17-19-34(60)20-18-31)57-46(65)41-16-9-23-58(41)47(37)66/h2-6,10-11,13-14,17-20,28,32,37-41,53,60H,7-9,12,15-16,21-27H2,1H3,(H,51,62)(H,54,59)(H,55,63)(H,56,64)(H,57,65)(H4,49,50,52)/t32-,37+,38+,39+,40-,41+/m1/s1. The second kappa shape index (κ2) is 23.1. The number of nitrogens with zero attached hydrogens (tertiary/aromatic N) is 2. The van der Waals surface area contributed by atoms with Gasteiger partial charge in [-0.2, -0.15) is 0 Å². The van der Waals surface area contributed by atoms with Crippen LogP contribution < -0.4 is 38.1 Å². The van der Waals surface area contributed by atoms with E-state index in [-0.39, 0.29) is 82.7 Å². The van der Waals surface area contributed by atoms with Crippen LogP contribution in [0.25, 0.3) is 10.9 Å². The third kappa shape index (κ3) is 13.4. The van der Waals surface area contributed by atoms with Gasteiger partial charge in [0.2, 0.25) is 35.4 Å². The Morgan fingerprint density at radius 2 is 1.58 bits per heavy atom. The van der Waals surface area contributed by atoms with Crippen LogP contribution in [0, 0.1) is 5.92 Å². The number of para-hydroxylation sites is 1. The lowest BCUT2D eigenvalue weighted by Crippen LogP contribution is -2.59. The molecule has 0 aliphatic carbocycles. The highest BCUT2D eigenvalue weighted by Crippen LogP contribution is 2.24. The lowest BCUT2D eigenvalue weighted by atomic mass is 9.90. The van der Waals surface area contributed by atoms with Gasteiger partial charge < -0.3 is 53.0 Å². The molecular weight excluding hydrogens is 845 g/mol. The van der Waals surface area contributed by atoms with E-state index in [4.69, 9.17) is 11.5 Å². The number of phenols is 1. The van der Waals surface area contributed by atoms with Crippen LogP contribution in [-0.2, 0) is 52.8 Å². The maximum atomic E-state index is 14.6. The Hall–Kier alpha value is -7.24. The predicted molar refractivity (Wildman–Crippen MR) is 247 cm³/mol. The zero-order valence-corrected chi connectivity index (χ0v) is 37.1. The van der Waals surface area contributed by atoms with Gasteiger partial charge in [0.25, 0.3) is 0 Å². The van der Waals surface area contributed by atoms with Gasteiger partial charge >= 0.3 is 0 Å². The molecule has 18 nitrogen and oxygen atoms in total. The van der Waals surface area contributed by atoms with Gasteiger partial charge in [0.05, 0.1) is 6.04 Å². The quantitative estimate of drug-likeness (QED) is 0.0528. The van der Waals surface area contributed by atoms with Gasteiger partial charge in [0.1, 0.15) is 29.9 Å². The zero-order valence-electron chi connectivity index (χ0n) is 37.1. The molecule has 2 saturated heterocycles. The molecule has 0 radical (unpaired) electrons. The van der Waals surface area contributed by atoms with Crippen molar-refractivity contribution in [2.24, 2.45) is 22.4 Å². The first-order valence-electron chi connectivity index (χ1n) is 22.5. The summed E-state index contributed by atoms with van der Waals surface area (Å²) in [5.74, 6) is -4.66. The SMILES string of the molecule is CC(=O)N[C@@H](Cc1ccccc1)C(=O)N[C@H]1CCCNC(=O)[C@H](CCCN=C(N)N)CC(=O)[C@H](Cc2c[nH]c3ccccc23)NC(=O)[C@@H](Cc2ccc(O)cc2)NC(=O)[C@@H]2CCCN2C1=O. The molecule has 1 aromatic heterocycles. The van der Waals surface area contributed by atoms with Crippen LogP contribution in [0.1, 0.15) is 68.6 Å². The van der Waals surface area contributed by atoms with E-state index in [1.165, 1.54) is 24.0 Å². The van der Waals surface area contributed by atoms with Gasteiger partial charge in [-0.25, -0.2) is 0 Å². The van der Waals surface area contributed by atoms with Gasteiger partial charge in [-0.3, -0.25) is 38.6 Å². The van der Waals surface area contributed by atoms with Gasteiger partial charge in [-0.1, -0.05) is 60.7 Å². The largest absolute Gasteiger partial charge is 0.508 e. The summed E-state index contributed by atoms with van der Waals surface area (Å²) >= 11 is 0. The van der Waals surface area contributed by atoms with Crippen LogP contribution >= 0.6 is 0 Å². The van der Waals surface area contributed by atoms with Gasteiger partial charge in [0.15, 0.2) is 11.7 Å². The molecular formula is C48H60N10O8. The fraction of sp³-hybridized carbons (Fsp3) is 0.417. The van der Waals surface area contributed by atoms with Crippen molar-refractivity contribution >= 4 is 58.1 Å². The summed E-state index contributed by atoms with van der Waals surface area (Å²) in [4.78, 5) is 107. The van der Waals surface area contributed by atoms with Crippen molar-refractivity contribution in [3.05, 3.63) is 102 Å². The topological polar surface area (TPSA) is 283 Å². The van der Waals surface area contributed by atoms with E-state index in [2.05, 4.69) is 36.6 Å². The number of amides is 6. The molecule has 0 saturated carbocycles. The lowest BCUT2D eigenvalue weighted by Gasteiger charge is -2.31. The van der Waals surface area contributed by atoms with Crippen LogP contribution in [0.4, 0.5) is 0 Å². The predicted octanol–water partition coefficient (Wildman–Crippen LogP) is 1.39. The molecule has 0 spiro atoms. The summed E-state index contributed by atoms with van der Waals surface area (Å²) in [6, 6.07) is 17.2. The van der Waals surface area contributed by atoms with Crippen molar-refractivity contribution in [2.45, 2.75) is 101 Å². The van der Waals surface area contributed by atoms with Crippen LogP contribution in [-0.4, -0.2) is 112 Å². The number of aromatic hydroxyl groups is 1. The van der Waals surface area contributed by atoms with Crippen molar-refractivity contribution in [1.29, 1.82) is 0 Å². The van der Waals surface area contributed by atoms with E-state index in [0.717, 1.165) is 22.0 Å². The monoisotopic (exact) mass is 904 g/mol. The maximum absolute atomic E-state index is 14.6. The molecule has 3 aromatic carbocycles. The van der Waals surface area contributed by atoms with E-state index in [1.54, 1.807) is 18.3 Å². The minimum Gasteiger partial charge on any atom is -0.508 e. The number of fused-ring (bicyclic) bond motifs is 2. The van der Waals surface area contributed by atoms with Crippen molar-refractivity contribution in [3.63, 3.8) is 0 Å². The molecule has 0 unspecified atom stereocenters. The average molecular weight is 905 g/mol. The van der Waals surface area contributed by atoms with Gasteiger partial charge in [0, 0.05) is 75.3 Å². The fourth-order valence-electron chi connectivity index (χ4n) is 8.64. The molecule has 2 fully saturated rings. The number of rotatable bonds is 13. The zero-order chi connectivity index (χ0) is 47.2. The number of nitrogens with one attached hydrogen (secondary N) is 6. The number of nitrogens with two attached hydrogens (primary N) is 2. The minimum atomic E-state index is -1.25. The number of phenolic OH excluding ortho intramolecular Hbond substituents is 1. The van der Waals surface area contributed by atoms with Crippen LogP contribution in [0.2, 0.25) is 0 Å². The number of ketones is 1. The number of H-pyrrole nitrogens is 1. The van der Waals surface area contributed by atoms with E-state index in [9.17, 15) is 38.7 Å². The number of aliphatic imine (C=N–C) groups is 1. The van der Waals surface area contributed by atoms with Crippen LogP contribution in [0.5, 0.6) is 5.75 Å². The molecule has 0 bridgehead atoms. The summed E-state index contributed by atoms with van der Waals surface area (Å²) in [6.45, 7) is 1.77. The number of hydrogen-bond donors (Lipinski definition) is 9. The van der Waals surface area contributed by atoms with Gasteiger partial charge in [-0.15, -0.1) is 0 Å². The molecule has 350 valence electrons. The summed E-state index contributed by atoms with van der Waals surface area (Å²) in [7, 11) is 0. The molecule has 6 amide bonds. The lowest BCUT2D eigenvalue weighted by molar-refractivity contribution is -0.142. The molecule has 66 heavy (non-hydrogen) atoms. The van der Waals surface area contributed by atoms with E-state index < -0.39 is 77.4 Å². The van der Waals surface area contributed by atoms with Gasteiger partial charge in [-0.05, 0) is 73.4 Å². The fourth-order valence-corrected chi connectivity index (χ4v) is 8.64. The highest BCUT2D eigenvalue weighted by atomic mass is 16.3.